The summed E-state index contributed by atoms with van der Waals surface area (Å²) in [5.41, 5.74) is 1.95. The van der Waals surface area contributed by atoms with E-state index in [4.69, 9.17) is 11.6 Å². The molecule has 1 fully saturated rings. The van der Waals surface area contributed by atoms with Gasteiger partial charge in [-0.15, -0.1) is 0 Å². The number of halogens is 1. The second-order valence-electron chi connectivity index (χ2n) is 4.85. The topological polar surface area (TPSA) is 32.3 Å². The first kappa shape index (κ1) is 13.0. The van der Waals surface area contributed by atoms with Crippen LogP contribution < -0.4 is 5.32 Å². The Morgan fingerprint density at radius 1 is 1.10 bits per heavy atom. The van der Waals surface area contributed by atoms with Crippen LogP contribution in [0, 0.1) is 0 Å². The van der Waals surface area contributed by atoms with E-state index in [1.165, 1.54) is 5.56 Å². The molecule has 2 aromatic carbocycles. The standard InChI is InChI=1S/C16H15ClN2O/c17-13-6-8-14(9-7-13)18-16(20)19-11-10-15(19)12-4-2-1-3-5-12/h1-9,15H,10-11H2,(H,18,20)/t15-/m1/s1. The highest BCUT2D eigenvalue weighted by molar-refractivity contribution is 6.30. The van der Waals surface area contributed by atoms with Gasteiger partial charge in [-0.2, -0.15) is 0 Å². The van der Waals surface area contributed by atoms with E-state index in [1.807, 2.05) is 23.1 Å². The molecule has 1 atom stereocenters. The summed E-state index contributed by atoms with van der Waals surface area (Å²) in [5.74, 6) is 0. The van der Waals surface area contributed by atoms with Crippen molar-refractivity contribution in [1.29, 1.82) is 0 Å². The Kier molecular flexibility index (Phi) is 3.61. The zero-order valence-electron chi connectivity index (χ0n) is 10.9. The lowest BCUT2D eigenvalue weighted by atomic mass is 9.95. The molecule has 0 aromatic heterocycles. The molecule has 1 heterocycles. The van der Waals surface area contributed by atoms with Crippen LogP contribution in [0.1, 0.15) is 18.0 Å². The first-order chi connectivity index (χ1) is 9.74. The maximum atomic E-state index is 12.2. The van der Waals surface area contributed by atoms with Gasteiger partial charge in [0.05, 0.1) is 6.04 Å². The fourth-order valence-electron chi connectivity index (χ4n) is 2.38. The van der Waals surface area contributed by atoms with E-state index in [0.717, 1.165) is 18.7 Å². The van der Waals surface area contributed by atoms with Crippen molar-refractivity contribution in [3.05, 3.63) is 65.2 Å². The van der Waals surface area contributed by atoms with Crippen molar-refractivity contribution in [3.8, 4) is 0 Å². The number of nitrogens with one attached hydrogen (secondary N) is 1. The minimum absolute atomic E-state index is 0.0626. The summed E-state index contributed by atoms with van der Waals surface area (Å²) in [6.07, 6.45) is 1.01. The molecule has 1 aliphatic rings. The van der Waals surface area contributed by atoms with E-state index in [9.17, 15) is 4.79 Å². The van der Waals surface area contributed by atoms with Crippen LogP contribution in [0.3, 0.4) is 0 Å². The van der Waals surface area contributed by atoms with Gasteiger partial charge < -0.3 is 10.2 Å². The molecular weight excluding hydrogens is 272 g/mol. The number of anilines is 1. The van der Waals surface area contributed by atoms with E-state index in [1.54, 1.807) is 24.3 Å². The average Bonchev–Trinajstić information content (AvgIpc) is 2.41. The number of rotatable bonds is 2. The Balaban J connectivity index is 1.67. The molecule has 3 nitrogen and oxygen atoms in total. The third-order valence-corrected chi connectivity index (χ3v) is 3.81. The van der Waals surface area contributed by atoms with Gasteiger partial charge in [0.15, 0.2) is 0 Å². The van der Waals surface area contributed by atoms with Gasteiger partial charge in [-0.05, 0) is 36.2 Å². The van der Waals surface area contributed by atoms with E-state index in [0.29, 0.717) is 5.02 Å². The smallest absolute Gasteiger partial charge is 0.317 e. The van der Waals surface area contributed by atoms with Crippen molar-refractivity contribution in [3.63, 3.8) is 0 Å². The van der Waals surface area contributed by atoms with Crippen LogP contribution >= 0.6 is 11.6 Å². The van der Waals surface area contributed by atoms with Crippen LogP contribution in [0.4, 0.5) is 10.5 Å². The number of hydrogen-bond donors (Lipinski definition) is 1. The summed E-state index contributed by atoms with van der Waals surface area (Å²) in [7, 11) is 0. The minimum atomic E-state index is -0.0626. The third kappa shape index (κ3) is 2.63. The van der Waals surface area contributed by atoms with Gasteiger partial charge >= 0.3 is 6.03 Å². The van der Waals surface area contributed by atoms with Crippen LogP contribution in [-0.4, -0.2) is 17.5 Å². The SMILES string of the molecule is O=C(Nc1ccc(Cl)cc1)N1CC[C@@H]1c1ccccc1. The Labute approximate surface area is 123 Å². The summed E-state index contributed by atoms with van der Waals surface area (Å²) in [6, 6.07) is 17.4. The van der Waals surface area contributed by atoms with E-state index in [-0.39, 0.29) is 12.1 Å². The Morgan fingerprint density at radius 3 is 2.40 bits per heavy atom. The number of amides is 2. The number of urea groups is 1. The Hall–Kier alpha value is -2.00. The van der Waals surface area contributed by atoms with Gasteiger partial charge in [-0.1, -0.05) is 41.9 Å². The minimum Gasteiger partial charge on any atom is -0.317 e. The zero-order valence-corrected chi connectivity index (χ0v) is 11.7. The summed E-state index contributed by atoms with van der Waals surface area (Å²) >= 11 is 5.83. The summed E-state index contributed by atoms with van der Waals surface area (Å²) in [4.78, 5) is 14.1. The molecule has 3 rings (SSSR count). The second-order valence-corrected chi connectivity index (χ2v) is 5.28. The molecule has 1 saturated heterocycles. The molecule has 2 amide bonds. The molecule has 0 spiro atoms. The van der Waals surface area contributed by atoms with Crippen molar-refractivity contribution in [2.75, 3.05) is 11.9 Å². The summed E-state index contributed by atoms with van der Waals surface area (Å²) in [6.45, 7) is 0.791. The number of hydrogen-bond acceptors (Lipinski definition) is 1. The number of benzene rings is 2. The number of likely N-dealkylation sites (tertiary alicyclic amines) is 1. The maximum Gasteiger partial charge on any atom is 0.322 e. The van der Waals surface area contributed by atoms with Crippen molar-refractivity contribution in [2.45, 2.75) is 12.5 Å². The second kappa shape index (κ2) is 5.55. The van der Waals surface area contributed by atoms with Crippen LogP contribution in [0.2, 0.25) is 5.02 Å². The van der Waals surface area contributed by atoms with Crippen molar-refractivity contribution < 1.29 is 4.79 Å². The highest BCUT2D eigenvalue weighted by Gasteiger charge is 2.33. The molecular formula is C16H15ClN2O. The summed E-state index contributed by atoms with van der Waals surface area (Å²) in [5, 5.41) is 3.56. The lowest BCUT2D eigenvalue weighted by Gasteiger charge is -2.41. The first-order valence-corrected chi connectivity index (χ1v) is 7.00. The van der Waals surface area contributed by atoms with Gasteiger partial charge in [-0.25, -0.2) is 4.79 Å². The first-order valence-electron chi connectivity index (χ1n) is 6.62. The molecule has 0 aliphatic carbocycles. The lowest BCUT2D eigenvalue weighted by molar-refractivity contribution is 0.126. The fourth-order valence-corrected chi connectivity index (χ4v) is 2.51. The quantitative estimate of drug-likeness (QED) is 0.876. The lowest BCUT2D eigenvalue weighted by Crippen LogP contribution is -2.47. The van der Waals surface area contributed by atoms with Crippen molar-refractivity contribution >= 4 is 23.3 Å². The number of carbonyl (C=O) groups excluding carboxylic acids is 1. The third-order valence-electron chi connectivity index (χ3n) is 3.56. The molecule has 0 unspecified atom stereocenters. The average molecular weight is 287 g/mol. The Bertz CT molecular complexity index is 598. The van der Waals surface area contributed by atoms with Crippen LogP contribution in [0.25, 0.3) is 0 Å². The van der Waals surface area contributed by atoms with Gasteiger partial charge in [0.2, 0.25) is 0 Å². The molecule has 1 aliphatic heterocycles. The van der Waals surface area contributed by atoms with E-state index in [2.05, 4.69) is 17.4 Å². The maximum absolute atomic E-state index is 12.2. The van der Waals surface area contributed by atoms with Crippen molar-refractivity contribution in [1.82, 2.24) is 4.90 Å². The summed E-state index contributed by atoms with van der Waals surface area (Å²) < 4.78 is 0. The molecule has 4 heteroatoms. The number of nitrogens with zero attached hydrogens (tertiary/aromatic N) is 1. The van der Waals surface area contributed by atoms with Crippen LogP contribution in [0.5, 0.6) is 0 Å². The largest absolute Gasteiger partial charge is 0.322 e. The van der Waals surface area contributed by atoms with Crippen LogP contribution in [-0.2, 0) is 0 Å². The van der Waals surface area contributed by atoms with E-state index >= 15 is 0 Å². The monoisotopic (exact) mass is 286 g/mol. The predicted octanol–water partition coefficient (Wildman–Crippen LogP) is 4.32. The predicted molar refractivity (Wildman–Crippen MR) is 81.0 cm³/mol. The normalized spacial score (nSPS) is 17.4. The molecule has 0 bridgehead atoms. The molecule has 0 radical (unpaired) electrons. The molecule has 1 N–H and O–H groups in total. The Morgan fingerprint density at radius 2 is 1.80 bits per heavy atom. The zero-order chi connectivity index (χ0) is 13.9. The van der Waals surface area contributed by atoms with Gasteiger partial charge in [-0.3, -0.25) is 0 Å². The van der Waals surface area contributed by atoms with Gasteiger partial charge in [0.25, 0.3) is 0 Å². The van der Waals surface area contributed by atoms with Crippen LogP contribution in [0.15, 0.2) is 54.6 Å². The molecule has 0 saturated carbocycles. The van der Waals surface area contributed by atoms with E-state index < -0.39 is 0 Å². The molecule has 2 aromatic rings. The fraction of sp³-hybridized carbons (Fsp3) is 0.188. The van der Waals surface area contributed by atoms with Gasteiger partial charge in [0.1, 0.15) is 0 Å². The van der Waals surface area contributed by atoms with Crippen molar-refractivity contribution in [2.24, 2.45) is 0 Å². The highest BCUT2D eigenvalue weighted by Crippen LogP contribution is 2.33. The molecule has 20 heavy (non-hydrogen) atoms. The number of carbonyl (C=O) groups is 1. The molecule has 102 valence electrons. The van der Waals surface area contributed by atoms with Gasteiger partial charge in [0, 0.05) is 17.3 Å². The highest BCUT2D eigenvalue weighted by atomic mass is 35.5.